The lowest BCUT2D eigenvalue weighted by molar-refractivity contribution is 0.0935. The third kappa shape index (κ3) is 3.97. The van der Waals surface area contributed by atoms with Gasteiger partial charge in [0.25, 0.3) is 5.91 Å². The molecule has 2 unspecified atom stereocenters. The van der Waals surface area contributed by atoms with Crippen molar-refractivity contribution in [1.29, 1.82) is 0 Å². The second-order valence-corrected chi connectivity index (χ2v) is 8.78. The molecule has 0 bridgehead atoms. The van der Waals surface area contributed by atoms with Gasteiger partial charge in [-0.25, -0.2) is 4.98 Å². The van der Waals surface area contributed by atoms with Crippen molar-refractivity contribution in [3.63, 3.8) is 0 Å². The zero-order chi connectivity index (χ0) is 22.2. The third-order valence-corrected chi connectivity index (χ3v) is 6.18. The van der Waals surface area contributed by atoms with Gasteiger partial charge in [-0.05, 0) is 49.9 Å². The summed E-state index contributed by atoms with van der Waals surface area (Å²) < 4.78 is 0. The lowest BCUT2D eigenvalue weighted by Gasteiger charge is -2.20. The average Bonchev–Trinajstić information content (AvgIpc) is 3.36. The number of carbonyl (C=O) groups is 1. The highest BCUT2D eigenvalue weighted by Crippen LogP contribution is 2.29. The van der Waals surface area contributed by atoms with Gasteiger partial charge in [-0.2, -0.15) is 5.10 Å². The van der Waals surface area contributed by atoms with E-state index in [9.17, 15) is 4.79 Å². The van der Waals surface area contributed by atoms with E-state index in [1.165, 1.54) is 0 Å². The van der Waals surface area contributed by atoms with Crippen LogP contribution in [0.1, 0.15) is 27.5 Å². The van der Waals surface area contributed by atoms with E-state index in [4.69, 9.17) is 11.6 Å². The van der Waals surface area contributed by atoms with E-state index in [0.717, 1.165) is 41.0 Å². The third-order valence-electron chi connectivity index (χ3n) is 5.94. The van der Waals surface area contributed by atoms with Crippen LogP contribution in [0.2, 0.25) is 5.02 Å². The molecule has 5 rings (SSSR count). The minimum Gasteiger partial charge on any atom is -0.347 e. The van der Waals surface area contributed by atoms with E-state index in [1.807, 2.05) is 43.3 Å². The van der Waals surface area contributed by atoms with Gasteiger partial charge in [0.05, 0.1) is 5.56 Å². The maximum absolute atomic E-state index is 13.2. The number of hydrogen-bond acceptors (Lipinski definition) is 5. The van der Waals surface area contributed by atoms with E-state index in [1.54, 1.807) is 12.4 Å². The van der Waals surface area contributed by atoms with Gasteiger partial charge in [-0.3, -0.25) is 14.9 Å². The molecule has 0 saturated carbocycles. The van der Waals surface area contributed by atoms with Gasteiger partial charge in [0.1, 0.15) is 5.69 Å². The molecule has 1 aromatic carbocycles. The van der Waals surface area contributed by atoms with Gasteiger partial charge in [-0.15, -0.1) is 0 Å². The van der Waals surface area contributed by atoms with Crippen LogP contribution >= 0.6 is 11.6 Å². The molecule has 0 aliphatic carbocycles. The number of aromatic nitrogens is 4. The number of H-pyrrole nitrogens is 1. The van der Waals surface area contributed by atoms with E-state index < -0.39 is 0 Å². The fraction of sp³-hybridized carbons (Fsp3) is 0.250. The van der Waals surface area contributed by atoms with Gasteiger partial charge in [0.2, 0.25) is 0 Å². The molecular weight excluding hydrogens is 424 g/mol. The largest absolute Gasteiger partial charge is 0.347 e. The molecule has 3 aromatic heterocycles. The van der Waals surface area contributed by atoms with Crippen molar-refractivity contribution in [3.05, 3.63) is 76.7 Å². The Hall–Kier alpha value is -3.29. The molecule has 1 aliphatic heterocycles. The summed E-state index contributed by atoms with van der Waals surface area (Å²) in [5.41, 5.74) is 4.86. The number of halogens is 1. The van der Waals surface area contributed by atoms with Crippen molar-refractivity contribution in [2.24, 2.45) is 0 Å². The molecule has 1 aliphatic rings. The van der Waals surface area contributed by atoms with Crippen LogP contribution in [0, 0.1) is 6.92 Å². The van der Waals surface area contributed by atoms with Crippen molar-refractivity contribution >= 4 is 28.5 Å². The molecule has 2 N–H and O–H groups in total. The highest BCUT2D eigenvalue weighted by Gasteiger charge is 2.33. The van der Waals surface area contributed by atoms with Crippen LogP contribution in [0.3, 0.4) is 0 Å². The van der Waals surface area contributed by atoms with Crippen LogP contribution in [-0.2, 0) is 0 Å². The summed E-state index contributed by atoms with van der Waals surface area (Å²) >= 11 is 6.21. The Labute approximate surface area is 190 Å². The first-order valence-corrected chi connectivity index (χ1v) is 10.9. The average molecular weight is 447 g/mol. The first-order valence-electron chi connectivity index (χ1n) is 10.5. The molecule has 4 aromatic rings. The van der Waals surface area contributed by atoms with Crippen molar-refractivity contribution < 1.29 is 4.79 Å². The van der Waals surface area contributed by atoms with Crippen LogP contribution in [0.4, 0.5) is 0 Å². The van der Waals surface area contributed by atoms with E-state index in [-0.39, 0.29) is 17.9 Å². The van der Waals surface area contributed by atoms with E-state index in [0.29, 0.717) is 16.2 Å². The van der Waals surface area contributed by atoms with Crippen LogP contribution in [0.5, 0.6) is 0 Å². The number of fused-ring (bicyclic) bond motifs is 1. The summed E-state index contributed by atoms with van der Waals surface area (Å²) in [6, 6.07) is 13.6. The number of hydrogen-bond donors (Lipinski definition) is 2. The number of nitrogens with one attached hydrogen (secondary N) is 2. The fourth-order valence-electron chi connectivity index (χ4n) is 4.41. The molecule has 1 amide bonds. The van der Waals surface area contributed by atoms with Gasteiger partial charge < -0.3 is 10.2 Å². The molecule has 8 heteroatoms. The predicted molar refractivity (Wildman–Crippen MR) is 125 cm³/mol. The number of pyridine rings is 2. The quantitative estimate of drug-likeness (QED) is 0.497. The second kappa shape index (κ2) is 8.33. The normalized spacial score (nSPS) is 18.8. The molecule has 1 saturated heterocycles. The Balaban J connectivity index is 1.42. The maximum Gasteiger partial charge on any atom is 0.253 e. The van der Waals surface area contributed by atoms with E-state index in [2.05, 4.69) is 43.5 Å². The highest BCUT2D eigenvalue weighted by atomic mass is 35.5. The van der Waals surface area contributed by atoms with Gasteiger partial charge in [0.15, 0.2) is 5.65 Å². The number of likely N-dealkylation sites (tertiary alicyclic amines) is 1. The number of amides is 1. The first-order chi connectivity index (χ1) is 15.5. The monoisotopic (exact) mass is 446 g/mol. The van der Waals surface area contributed by atoms with Crippen LogP contribution in [-0.4, -0.2) is 57.2 Å². The number of aryl methyl sites for hydroxylation is 1. The van der Waals surface area contributed by atoms with Crippen molar-refractivity contribution in [1.82, 2.24) is 30.4 Å². The lowest BCUT2D eigenvalue weighted by atomic mass is 9.94. The molecule has 0 spiro atoms. The summed E-state index contributed by atoms with van der Waals surface area (Å²) in [4.78, 5) is 24.1. The van der Waals surface area contributed by atoms with Crippen molar-refractivity contribution in [2.75, 3.05) is 20.1 Å². The SMILES string of the molecule is Cc1cc(-c2n[nH]c3ncc(C(=O)NC4CN(C)CC4c4cccc(Cl)c4)cc23)ccn1. The summed E-state index contributed by atoms with van der Waals surface area (Å²) in [5.74, 6) is 0.0217. The fourth-order valence-corrected chi connectivity index (χ4v) is 4.61. The van der Waals surface area contributed by atoms with Gasteiger partial charge in [0, 0.05) is 59.1 Å². The molecule has 32 heavy (non-hydrogen) atoms. The summed E-state index contributed by atoms with van der Waals surface area (Å²) in [6.07, 6.45) is 3.34. The topological polar surface area (TPSA) is 86.8 Å². The summed E-state index contributed by atoms with van der Waals surface area (Å²) in [6.45, 7) is 3.56. The molecular formula is C24H23ClN6O. The van der Waals surface area contributed by atoms with Gasteiger partial charge in [-0.1, -0.05) is 23.7 Å². The number of rotatable bonds is 4. The molecule has 1 fully saturated rings. The van der Waals surface area contributed by atoms with Crippen LogP contribution in [0.15, 0.2) is 54.9 Å². The van der Waals surface area contributed by atoms with Crippen LogP contribution < -0.4 is 5.32 Å². The Morgan fingerprint density at radius 1 is 1.19 bits per heavy atom. The standard InChI is InChI=1S/C24H23ClN6O/c1-14-8-16(6-7-26-14)22-19-10-17(11-27-23(19)30-29-22)24(32)28-21-13-31(2)12-20(21)15-4-3-5-18(25)9-15/h3-11,20-21H,12-13H2,1-2H3,(H,28,32)(H,27,29,30). The number of benzene rings is 1. The molecule has 162 valence electrons. The zero-order valence-electron chi connectivity index (χ0n) is 17.8. The Morgan fingerprint density at radius 2 is 2.06 bits per heavy atom. The highest BCUT2D eigenvalue weighted by molar-refractivity contribution is 6.30. The van der Waals surface area contributed by atoms with Gasteiger partial charge >= 0.3 is 0 Å². The molecule has 0 radical (unpaired) electrons. The van der Waals surface area contributed by atoms with Crippen molar-refractivity contribution in [3.8, 4) is 11.3 Å². The number of aromatic amines is 1. The Kier molecular flexibility index (Phi) is 5.36. The molecule has 7 nitrogen and oxygen atoms in total. The predicted octanol–water partition coefficient (Wildman–Crippen LogP) is 3.81. The Bertz CT molecular complexity index is 1300. The number of carbonyl (C=O) groups excluding carboxylic acids is 1. The lowest BCUT2D eigenvalue weighted by Crippen LogP contribution is -2.39. The Morgan fingerprint density at radius 3 is 2.88 bits per heavy atom. The summed E-state index contributed by atoms with van der Waals surface area (Å²) in [5, 5.41) is 12.1. The zero-order valence-corrected chi connectivity index (χ0v) is 18.6. The number of nitrogens with zero attached hydrogens (tertiary/aromatic N) is 4. The smallest absolute Gasteiger partial charge is 0.253 e. The minimum atomic E-state index is -0.148. The van der Waals surface area contributed by atoms with Crippen LogP contribution in [0.25, 0.3) is 22.3 Å². The molecule has 2 atom stereocenters. The summed E-state index contributed by atoms with van der Waals surface area (Å²) in [7, 11) is 2.06. The second-order valence-electron chi connectivity index (χ2n) is 8.34. The maximum atomic E-state index is 13.2. The van der Waals surface area contributed by atoms with E-state index >= 15 is 0 Å². The molecule has 4 heterocycles. The minimum absolute atomic E-state index is 0.0201. The first kappa shape index (κ1) is 20.6. The van der Waals surface area contributed by atoms with Crippen molar-refractivity contribution in [2.45, 2.75) is 18.9 Å². The number of likely N-dealkylation sites (N-methyl/N-ethyl adjacent to an activating group) is 1.